The molecule has 0 spiro atoms. The Kier molecular flexibility index (Phi) is 1.52. The molecule has 0 amide bonds. The molecule has 0 aromatic carbocycles. The molecule has 0 unspecified atom stereocenters. The summed E-state index contributed by atoms with van der Waals surface area (Å²) < 4.78 is 0. The lowest BCUT2D eigenvalue weighted by atomic mass is 10.0. The van der Waals surface area contributed by atoms with Gasteiger partial charge in [-0.25, -0.2) is 0 Å². The van der Waals surface area contributed by atoms with Crippen LogP contribution in [-0.2, 0) is 0 Å². The minimum absolute atomic E-state index is 0.709. The van der Waals surface area contributed by atoms with E-state index in [2.05, 4.69) is 26.0 Å². The first kappa shape index (κ1) is 5.61. The molecule has 0 N–H and O–H groups in total. The third-order valence-electron chi connectivity index (χ3n) is 1.46. The van der Waals surface area contributed by atoms with Gasteiger partial charge in [0.2, 0.25) is 0 Å². The van der Waals surface area contributed by atoms with Crippen LogP contribution in [0.3, 0.4) is 0 Å². The number of hydrogen-bond acceptors (Lipinski definition) is 0. The average Bonchev–Trinajstić information content (AvgIpc) is 2.12. The van der Waals surface area contributed by atoms with Crippen molar-refractivity contribution in [3.8, 4) is 0 Å². The Morgan fingerprint density at radius 2 is 2.38 bits per heavy atom. The van der Waals surface area contributed by atoms with Crippen LogP contribution in [-0.4, -0.2) is 0 Å². The molecule has 0 heteroatoms. The van der Waals surface area contributed by atoms with Gasteiger partial charge in [0, 0.05) is 0 Å². The highest BCUT2D eigenvalue weighted by Gasteiger charge is 2.02. The van der Waals surface area contributed by atoms with E-state index in [1.165, 1.54) is 5.57 Å². The predicted molar refractivity (Wildman–Crippen MR) is 35.4 cm³/mol. The Morgan fingerprint density at radius 1 is 1.62 bits per heavy atom. The zero-order valence-corrected chi connectivity index (χ0v) is 5.44. The van der Waals surface area contributed by atoms with Crippen LogP contribution < -0.4 is 0 Å². The molecule has 0 aromatic rings. The summed E-state index contributed by atoms with van der Waals surface area (Å²) in [5.74, 6) is 0.709. The van der Waals surface area contributed by atoms with Crippen molar-refractivity contribution in [3.05, 3.63) is 23.8 Å². The van der Waals surface area contributed by atoms with E-state index in [-0.39, 0.29) is 0 Å². The smallest absolute Gasteiger partial charge is 0.00586 e. The van der Waals surface area contributed by atoms with Crippen LogP contribution >= 0.6 is 0 Å². The fourth-order valence-corrected chi connectivity index (χ4v) is 0.798. The van der Waals surface area contributed by atoms with Crippen molar-refractivity contribution in [2.45, 2.75) is 20.3 Å². The van der Waals surface area contributed by atoms with Crippen molar-refractivity contribution < 1.29 is 0 Å². The van der Waals surface area contributed by atoms with Gasteiger partial charge in [0.1, 0.15) is 0 Å². The van der Waals surface area contributed by atoms with Crippen molar-refractivity contribution in [3.63, 3.8) is 0 Å². The van der Waals surface area contributed by atoms with Crippen molar-refractivity contribution in [1.82, 2.24) is 0 Å². The van der Waals surface area contributed by atoms with Gasteiger partial charge in [-0.1, -0.05) is 31.6 Å². The SMILES string of the molecule is CC(C)C1=CC=[C]C1. The molecule has 1 aliphatic rings. The average molecular weight is 107 g/mol. The highest BCUT2D eigenvalue weighted by Crippen LogP contribution is 2.17. The molecule has 0 saturated carbocycles. The Bertz CT molecular complexity index is 127. The van der Waals surface area contributed by atoms with E-state index in [4.69, 9.17) is 0 Å². The number of allylic oxidation sites excluding steroid dienone is 4. The van der Waals surface area contributed by atoms with E-state index in [1.54, 1.807) is 0 Å². The van der Waals surface area contributed by atoms with Crippen LogP contribution in [0.15, 0.2) is 17.7 Å². The molecule has 0 fully saturated rings. The van der Waals surface area contributed by atoms with Gasteiger partial charge < -0.3 is 0 Å². The molecule has 0 saturated heterocycles. The first-order chi connectivity index (χ1) is 3.80. The molecule has 43 valence electrons. The molecule has 0 aliphatic heterocycles. The quantitative estimate of drug-likeness (QED) is 0.482. The van der Waals surface area contributed by atoms with Crippen molar-refractivity contribution in [2.24, 2.45) is 5.92 Å². The molecular weight excluding hydrogens is 96.1 g/mol. The van der Waals surface area contributed by atoms with Crippen LogP contribution in [0.2, 0.25) is 0 Å². The lowest BCUT2D eigenvalue weighted by Gasteiger charge is -2.02. The van der Waals surface area contributed by atoms with E-state index >= 15 is 0 Å². The fraction of sp³-hybridized carbons (Fsp3) is 0.500. The van der Waals surface area contributed by atoms with Gasteiger partial charge in [-0.3, -0.25) is 0 Å². The van der Waals surface area contributed by atoms with E-state index in [0.717, 1.165) is 6.42 Å². The van der Waals surface area contributed by atoms with Gasteiger partial charge in [-0.05, 0) is 18.4 Å². The Morgan fingerprint density at radius 3 is 2.62 bits per heavy atom. The minimum atomic E-state index is 0.709. The molecule has 1 radical (unpaired) electrons. The van der Waals surface area contributed by atoms with E-state index in [9.17, 15) is 0 Å². The van der Waals surface area contributed by atoms with E-state index in [1.807, 2.05) is 6.08 Å². The first-order valence-corrected chi connectivity index (χ1v) is 3.06. The number of rotatable bonds is 1. The first-order valence-electron chi connectivity index (χ1n) is 3.06. The summed E-state index contributed by atoms with van der Waals surface area (Å²) in [4.78, 5) is 0. The molecule has 0 atom stereocenters. The Balaban J connectivity index is 2.51. The Labute approximate surface area is 50.9 Å². The standard InChI is InChI=1S/C8H11/c1-7(2)8-5-3-4-6-8/h3,5,7H,6H2,1-2H3. The van der Waals surface area contributed by atoms with Crippen LogP contribution in [0.25, 0.3) is 0 Å². The Hall–Kier alpha value is -0.520. The maximum Gasteiger partial charge on any atom is -0.00586 e. The van der Waals surface area contributed by atoms with Crippen LogP contribution in [0.1, 0.15) is 20.3 Å². The van der Waals surface area contributed by atoms with Gasteiger partial charge in [0.15, 0.2) is 0 Å². The summed E-state index contributed by atoms with van der Waals surface area (Å²) in [7, 11) is 0. The molecule has 8 heavy (non-hydrogen) atoms. The molecular formula is C8H11. The summed E-state index contributed by atoms with van der Waals surface area (Å²) in [6.45, 7) is 4.43. The second-order valence-corrected chi connectivity index (χ2v) is 2.44. The predicted octanol–water partition coefficient (Wildman–Crippen LogP) is 2.33. The molecule has 0 aromatic heterocycles. The normalized spacial score (nSPS) is 17.6. The summed E-state index contributed by atoms with van der Waals surface area (Å²) >= 11 is 0. The van der Waals surface area contributed by atoms with Gasteiger partial charge in [0.25, 0.3) is 0 Å². The largest absolute Gasteiger partial charge is 0.0633 e. The summed E-state index contributed by atoms with van der Waals surface area (Å²) in [6, 6.07) is 0. The second kappa shape index (κ2) is 2.17. The maximum atomic E-state index is 3.14. The molecule has 0 bridgehead atoms. The lowest BCUT2D eigenvalue weighted by molar-refractivity contribution is 0.750. The van der Waals surface area contributed by atoms with Crippen LogP contribution in [0.5, 0.6) is 0 Å². The zero-order chi connectivity index (χ0) is 5.98. The van der Waals surface area contributed by atoms with Gasteiger partial charge >= 0.3 is 0 Å². The molecule has 0 nitrogen and oxygen atoms in total. The van der Waals surface area contributed by atoms with Gasteiger partial charge in [0.05, 0.1) is 0 Å². The third-order valence-corrected chi connectivity index (χ3v) is 1.46. The van der Waals surface area contributed by atoms with E-state index < -0.39 is 0 Å². The molecule has 0 heterocycles. The van der Waals surface area contributed by atoms with Gasteiger partial charge in [-0.2, -0.15) is 0 Å². The second-order valence-electron chi connectivity index (χ2n) is 2.44. The molecule has 1 aliphatic carbocycles. The summed E-state index contributed by atoms with van der Waals surface area (Å²) in [6.07, 6.45) is 8.36. The highest BCUT2D eigenvalue weighted by molar-refractivity contribution is 5.20. The zero-order valence-electron chi connectivity index (χ0n) is 5.44. The topological polar surface area (TPSA) is 0 Å². The van der Waals surface area contributed by atoms with Gasteiger partial charge in [-0.15, -0.1) is 0 Å². The van der Waals surface area contributed by atoms with Crippen LogP contribution in [0, 0.1) is 12.0 Å². The fourth-order valence-electron chi connectivity index (χ4n) is 0.798. The number of hydrogen-bond donors (Lipinski definition) is 0. The molecule has 1 rings (SSSR count). The maximum absolute atomic E-state index is 3.14. The highest BCUT2D eigenvalue weighted by atomic mass is 14.1. The van der Waals surface area contributed by atoms with Crippen molar-refractivity contribution in [2.75, 3.05) is 0 Å². The monoisotopic (exact) mass is 107 g/mol. The lowest BCUT2D eigenvalue weighted by Crippen LogP contribution is -1.88. The summed E-state index contributed by atoms with van der Waals surface area (Å²) in [5, 5.41) is 0. The van der Waals surface area contributed by atoms with Crippen molar-refractivity contribution >= 4 is 0 Å². The minimum Gasteiger partial charge on any atom is -0.0633 e. The third kappa shape index (κ3) is 1.00. The van der Waals surface area contributed by atoms with Crippen LogP contribution in [0.4, 0.5) is 0 Å². The summed E-state index contributed by atoms with van der Waals surface area (Å²) in [5.41, 5.74) is 1.50. The van der Waals surface area contributed by atoms with Crippen molar-refractivity contribution in [1.29, 1.82) is 0 Å². The van der Waals surface area contributed by atoms with E-state index in [0.29, 0.717) is 5.92 Å².